The van der Waals surface area contributed by atoms with Gasteiger partial charge in [0.1, 0.15) is 11.6 Å². The summed E-state index contributed by atoms with van der Waals surface area (Å²) >= 11 is 12.5. The molecule has 2 fully saturated rings. The lowest BCUT2D eigenvalue weighted by molar-refractivity contribution is -0.192. The van der Waals surface area contributed by atoms with Gasteiger partial charge in [-0.2, -0.15) is 18.4 Å². The molecule has 2 aliphatic rings. The third-order valence-electron chi connectivity index (χ3n) is 6.03. The summed E-state index contributed by atoms with van der Waals surface area (Å²) in [4.78, 5) is 23.3. The molecule has 1 saturated carbocycles. The maximum atomic E-state index is 10.6. The molecule has 1 saturated heterocycles. The van der Waals surface area contributed by atoms with E-state index in [9.17, 15) is 18.4 Å². The molecule has 2 N–H and O–H groups in total. The minimum atomic E-state index is -5.08. The number of nitrogens with zero attached hydrogens (tertiary/aromatic N) is 5. The van der Waals surface area contributed by atoms with Gasteiger partial charge in [0.25, 0.3) is 0 Å². The first-order valence-electron chi connectivity index (χ1n) is 11.7. The zero-order chi connectivity index (χ0) is 27.4. The molecular formula is C25H23Cl2F3N6O2. The number of hydrogen-bond donors (Lipinski definition) is 2. The number of benzene rings is 2. The maximum Gasteiger partial charge on any atom is 0.490 e. The predicted octanol–water partition coefficient (Wildman–Crippen LogP) is 5.34. The predicted molar refractivity (Wildman–Crippen MR) is 139 cm³/mol. The molecule has 1 aliphatic carbocycles. The Morgan fingerprint density at radius 3 is 2.42 bits per heavy atom. The Hall–Kier alpha value is -3.33. The number of anilines is 2. The molecule has 1 aromatic heterocycles. The van der Waals surface area contributed by atoms with E-state index in [1.807, 2.05) is 30.3 Å². The van der Waals surface area contributed by atoms with Crippen LogP contribution >= 0.6 is 23.2 Å². The molecule has 38 heavy (non-hydrogen) atoms. The van der Waals surface area contributed by atoms with Crippen molar-refractivity contribution in [2.24, 2.45) is 0 Å². The Bertz CT molecular complexity index is 1370. The summed E-state index contributed by atoms with van der Waals surface area (Å²) in [6.07, 6.45) is -2.79. The van der Waals surface area contributed by atoms with Crippen molar-refractivity contribution in [3.63, 3.8) is 0 Å². The Balaban J connectivity index is 0.000000426. The molecule has 0 radical (unpaired) electrons. The first kappa shape index (κ1) is 27.7. The number of nitriles is 1. The second kappa shape index (κ2) is 11.6. The number of nitrogens with one attached hydrogen (secondary N) is 1. The SMILES string of the molecule is N#Cc1cccc2nc(N3CCN(Cc4cc(Cl)ccc4Cl)CC3)c(NC3CC3)nc12.O=C(O)C(F)(F)F. The Kier molecular flexibility index (Phi) is 8.45. The van der Waals surface area contributed by atoms with E-state index in [0.717, 1.165) is 73.3 Å². The van der Waals surface area contributed by atoms with Crippen LogP contribution < -0.4 is 10.2 Å². The molecule has 0 amide bonds. The van der Waals surface area contributed by atoms with E-state index in [0.29, 0.717) is 22.1 Å². The molecule has 5 rings (SSSR count). The lowest BCUT2D eigenvalue weighted by atomic mass is 10.2. The van der Waals surface area contributed by atoms with E-state index in [1.165, 1.54) is 0 Å². The summed E-state index contributed by atoms with van der Waals surface area (Å²) in [6, 6.07) is 13.9. The zero-order valence-corrected chi connectivity index (χ0v) is 21.5. The number of aromatic nitrogens is 2. The largest absolute Gasteiger partial charge is 0.490 e. The van der Waals surface area contributed by atoms with Gasteiger partial charge >= 0.3 is 12.1 Å². The normalized spacial score (nSPS) is 15.9. The van der Waals surface area contributed by atoms with Gasteiger partial charge < -0.3 is 15.3 Å². The van der Waals surface area contributed by atoms with E-state index in [2.05, 4.69) is 21.2 Å². The molecule has 13 heteroatoms. The third-order valence-corrected chi connectivity index (χ3v) is 6.63. The minimum absolute atomic E-state index is 0.450. The minimum Gasteiger partial charge on any atom is -0.475 e. The Morgan fingerprint density at radius 2 is 1.82 bits per heavy atom. The number of carboxylic acid groups (broad SMARTS) is 1. The highest BCUT2D eigenvalue weighted by Crippen LogP contribution is 2.32. The lowest BCUT2D eigenvalue weighted by Gasteiger charge is -2.36. The van der Waals surface area contributed by atoms with Gasteiger partial charge in [-0.3, -0.25) is 4.90 Å². The fourth-order valence-electron chi connectivity index (χ4n) is 3.92. The van der Waals surface area contributed by atoms with Gasteiger partial charge in [0.05, 0.1) is 11.1 Å². The van der Waals surface area contributed by atoms with Crippen molar-refractivity contribution in [1.82, 2.24) is 14.9 Å². The molecule has 0 atom stereocenters. The summed E-state index contributed by atoms with van der Waals surface area (Å²) < 4.78 is 31.7. The second-order valence-corrected chi connectivity index (χ2v) is 9.75. The quantitative estimate of drug-likeness (QED) is 0.426. The van der Waals surface area contributed by atoms with E-state index in [1.54, 1.807) is 6.07 Å². The van der Waals surface area contributed by atoms with Crippen LogP contribution in [0.15, 0.2) is 36.4 Å². The summed E-state index contributed by atoms with van der Waals surface area (Å²) in [5.74, 6) is -1.11. The number of halogens is 5. The maximum absolute atomic E-state index is 10.6. The molecule has 0 spiro atoms. The van der Waals surface area contributed by atoms with Gasteiger partial charge in [-0.15, -0.1) is 0 Å². The van der Waals surface area contributed by atoms with Crippen molar-refractivity contribution in [2.45, 2.75) is 31.6 Å². The van der Waals surface area contributed by atoms with Crippen LogP contribution in [0.4, 0.5) is 24.8 Å². The first-order valence-corrected chi connectivity index (χ1v) is 12.5. The van der Waals surface area contributed by atoms with Crippen LogP contribution in [0.5, 0.6) is 0 Å². The van der Waals surface area contributed by atoms with Gasteiger partial charge in [0.2, 0.25) is 0 Å². The number of carbonyl (C=O) groups is 1. The third kappa shape index (κ3) is 6.95. The van der Waals surface area contributed by atoms with Crippen molar-refractivity contribution in [3.8, 4) is 6.07 Å². The van der Waals surface area contributed by atoms with Crippen LogP contribution in [0.3, 0.4) is 0 Å². The van der Waals surface area contributed by atoms with Crippen LogP contribution in [-0.2, 0) is 11.3 Å². The number of para-hydroxylation sites is 1. The topological polar surface area (TPSA) is 105 Å². The average Bonchev–Trinajstić information content (AvgIpc) is 3.70. The van der Waals surface area contributed by atoms with Gasteiger partial charge in [-0.1, -0.05) is 29.3 Å². The molecule has 0 bridgehead atoms. The van der Waals surface area contributed by atoms with Gasteiger partial charge in [0.15, 0.2) is 11.6 Å². The average molecular weight is 567 g/mol. The van der Waals surface area contributed by atoms with Crippen molar-refractivity contribution >= 4 is 51.8 Å². The molecule has 0 unspecified atom stereocenters. The van der Waals surface area contributed by atoms with Crippen molar-refractivity contribution in [3.05, 3.63) is 57.6 Å². The number of rotatable bonds is 5. The van der Waals surface area contributed by atoms with E-state index in [-0.39, 0.29) is 0 Å². The number of hydrogen-bond acceptors (Lipinski definition) is 7. The number of carboxylic acids is 1. The fourth-order valence-corrected chi connectivity index (χ4v) is 4.29. The van der Waals surface area contributed by atoms with Gasteiger partial charge in [-0.25, -0.2) is 14.8 Å². The molecule has 200 valence electrons. The number of alkyl halides is 3. The molecule has 3 aromatic rings. The van der Waals surface area contributed by atoms with Crippen LogP contribution in [0.1, 0.15) is 24.0 Å². The Labute approximate surface area is 226 Å². The van der Waals surface area contributed by atoms with Crippen LogP contribution in [0.25, 0.3) is 11.0 Å². The molecular weight excluding hydrogens is 544 g/mol. The number of aliphatic carboxylic acids is 1. The van der Waals surface area contributed by atoms with Gasteiger partial charge in [0, 0.05) is 48.8 Å². The summed E-state index contributed by atoms with van der Waals surface area (Å²) in [5.41, 5.74) is 3.02. The van der Waals surface area contributed by atoms with E-state index >= 15 is 0 Å². The van der Waals surface area contributed by atoms with E-state index < -0.39 is 12.1 Å². The second-order valence-electron chi connectivity index (χ2n) is 8.90. The molecule has 2 heterocycles. The highest BCUT2D eigenvalue weighted by atomic mass is 35.5. The van der Waals surface area contributed by atoms with Crippen molar-refractivity contribution < 1.29 is 23.1 Å². The van der Waals surface area contributed by atoms with Gasteiger partial charge in [-0.05, 0) is 48.7 Å². The highest BCUT2D eigenvalue weighted by molar-refractivity contribution is 6.33. The Morgan fingerprint density at radius 1 is 1.13 bits per heavy atom. The molecule has 2 aromatic carbocycles. The number of piperazine rings is 1. The number of fused-ring (bicyclic) bond motifs is 1. The van der Waals surface area contributed by atoms with Crippen molar-refractivity contribution in [1.29, 1.82) is 5.26 Å². The fraction of sp³-hybridized carbons (Fsp3) is 0.360. The smallest absolute Gasteiger partial charge is 0.475 e. The lowest BCUT2D eigenvalue weighted by Crippen LogP contribution is -2.46. The van der Waals surface area contributed by atoms with E-state index in [4.69, 9.17) is 43.1 Å². The summed E-state index contributed by atoms with van der Waals surface area (Å²) in [5, 5.41) is 21.6. The zero-order valence-electron chi connectivity index (χ0n) is 20.0. The molecule has 8 nitrogen and oxygen atoms in total. The van der Waals surface area contributed by atoms with Crippen LogP contribution in [0.2, 0.25) is 10.0 Å². The monoisotopic (exact) mass is 566 g/mol. The van der Waals surface area contributed by atoms with Crippen LogP contribution in [0, 0.1) is 11.3 Å². The highest BCUT2D eigenvalue weighted by Gasteiger charge is 2.38. The van der Waals surface area contributed by atoms with Crippen LogP contribution in [-0.4, -0.2) is 64.3 Å². The van der Waals surface area contributed by atoms with Crippen molar-refractivity contribution in [2.75, 3.05) is 36.4 Å². The first-order chi connectivity index (χ1) is 18.0. The summed E-state index contributed by atoms with van der Waals surface area (Å²) in [6.45, 7) is 4.24. The summed E-state index contributed by atoms with van der Waals surface area (Å²) in [7, 11) is 0. The standard InChI is InChI=1S/C23H22Cl2N6.C2HF3O2/c24-17-4-7-19(25)16(12-17)14-30-8-10-31(11-9-30)23-22(27-18-5-6-18)29-21-15(13-26)2-1-3-20(21)28-23;3-2(4,5)1(6)7/h1-4,7,12,18H,5-6,8-11,14H2,(H,27,29);(H,6,7). The molecule has 1 aliphatic heterocycles.